The van der Waals surface area contributed by atoms with E-state index in [4.69, 9.17) is 4.74 Å². The fraction of sp³-hybridized carbons (Fsp3) is 0.667. The van der Waals surface area contributed by atoms with Crippen LogP contribution in [0.3, 0.4) is 0 Å². The largest absolute Gasteiger partial charge is 0.376 e. The molecule has 0 radical (unpaired) electrons. The average Bonchev–Trinajstić information content (AvgIpc) is 3.21. The molecule has 0 aromatic carbocycles. The van der Waals surface area contributed by atoms with Crippen LogP contribution in [0.25, 0.3) is 0 Å². The Bertz CT molecular complexity index is 499. The number of amides is 1. The van der Waals surface area contributed by atoms with Crippen LogP contribution in [0.2, 0.25) is 0 Å². The normalized spacial score (nSPS) is 21.3. The van der Waals surface area contributed by atoms with Crippen LogP contribution in [0.4, 0.5) is 10.3 Å². The number of halogens is 1. The summed E-state index contributed by atoms with van der Waals surface area (Å²) in [5, 5.41) is 0. The van der Waals surface area contributed by atoms with Gasteiger partial charge < -0.3 is 14.5 Å². The molecule has 3 heterocycles. The van der Waals surface area contributed by atoms with Gasteiger partial charge in [-0.2, -0.15) is 0 Å². The van der Waals surface area contributed by atoms with E-state index in [1.807, 2.05) is 4.90 Å². The number of ether oxygens (including phenoxy) is 1. The molecular formula is C15H21FN4O2. The summed E-state index contributed by atoms with van der Waals surface area (Å²) < 4.78 is 18.7. The van der Waals surface area contributed by atoms with Gasteiger partial charge in [-0.15, -0.1) is 0 Å². The minimum absolute atomic E-state index is 0.0726. The molecular weight excluding hydrogens is 287 g/mol. The molecule has 0 saturated carbocycles. The molecule has 1 amide bonds. The third kappa shape index (κ3) is 3.71. The first-order valence-corrected chi connectivity index (χ1v) is 7.84. The highest BCUT2D eigenvalue weighted by Gasteiger charge is 2.25. The van der Waals surface area contributed by atoms with E-state index in [2.05, 4.69) is 9.97 Å². The summed E-state index contributed by atoms with van der Waals surface area (Å²) in [6.07, 6.45) is 6.46. The summed E-state index contributed by atoms with van der Waals surface area (Å²) >= 11 is 0. The Kier molecular flexibility index (Phi) is 4.82. The summed E-state index contributed by atoms with van der Waals surface area (Å²) in [6.45, 7) is 3.16. The van der Waals surface area contributed by atoms with Crippen molar-refractivity contribution >= 4 is 11.9 Å². The van der Waals surface area contributed by atoms with Gasteiger partial charge >= 0.3 is 0 Å². The second-order valence-corrected chi connectivity index (χ2v) is 5.80. The zero-order chi connectivity index (χ0) is 15.4. The number of carbonyl (C=O) groups is 1. The summed E-state index contributed by atoms with van der Waals surface area (Å²) in [6, 6.07) is 0. The van der Waals surface area contributed by atoms with Crippen molar-refractivity contribution in [3.63, 3.8) is 0 Å². The van der Waals surface area contributed by atoms with Crippen molar-refractivity contribution < 1.29 is 13.9 Å². The number of hydrogen-bond donors (Lipinski definition) is 0. The Hall–Kier alpha value is -1.76. The second-order valence-electron chi connectivity index (χ2n) is 5.80. The van der Waals surface area contributed by atoms with Crippen molar-refractivity contribution in [2.45, 2.75) is 31.8 Å². The number of rotatable bonds is 5. The first-order valence-electron chi connectivity index (χ1n) is 7.84. The maximum Gasteiger partial charge on any atom is 0.242 e. The van der Waals surface area contributed by atoms with E-state index in [0.717, 1.165) is 57.8 Å². The van der Waals surface area contributed by atoms with Crippen LogP contribution >= 0.6 is 0 Å². The number of aromatic nitrogens is 2. The zero-order valence-electron chi connectivity index (χ0n) is 12.6. The number of likely N-dealkylation sites (tertiary alicyclic amines) is 1. The molecule has 1 unspecified atom stereocenters. The molecule has 6 nitrogen and oxygen atoms in total. The predicted molar refractivity (Wildman–Crippen MR) is 79.0 cm³/mol. The van der Waals surface area contributed by atoms with Gasteiger partial charge in [-0.3, -0.25) is 4.79 Å². The van der Waals surface area contributed by atoms with Gasteiger partial charge in [-0.25, -0.2) is 14.4 Å². The lowest BCUT2D eigenvalue weighted by Gasteiger charge is -2.26. The number of carbonyl (C=O) groups excluding carboxylic acids is 1. The molecule has 2 aliphatic heterocycles. The molecule has 1 aromatic heterocycles. The first kappa shape index (κ1) is 15.1. The fourth-order valence-electron chi connectivity index (χ4n) is 2.95. The Morgan fingerprint density at radius 1 is 1.32 bits per heavy atom. The summed E-state index contributed by atoms with van der Waals surface area (Å²) in [5.41, 5.74) is 0. The topological polar surface area (TPSA) is 58.6 Å². The molecule has 0 N–H and O–H groups in total. The molecule has 2 aliphatic rings. The van der Waals surface area contributed by atoms with Crippen molar-refractivity contribution in [1.82, 2.24) is 14.9 Å². The third-order valence-electron chi connectivity index (χ3n) is 4.12. The highest BCUT2D eigenvalue weighted by molar-refractivity contribution is 5.81. The average molecular weight is 308 g/mol. The molecule has 7 heteroatoms. The molecule has 3 rings (SSSR count). The van der Waals surface area contributed by atoms with E-state index >= 15 is 0 Å². The summed E-state index contributed by atoms with van der Waals surface area (Å²) in [4.78, 5) is 24.1. The second kappa shape index (κ2) is 7.00. The van der Waals surface area contributed by atoms with Gasteiger partial charge in [0.05, 0.1) is 18.5 Å². The van der Waals surface area contributed by atoms with Crippen LogP contribution in [0.5, 0.6) is 0 Å². The maximum absolute atomic E-state index is 13.0. The Balaban J connectivity index is 1.69. The first-order chi connectivity index (χ1) is 10.7. The molecule has 1 atom stereocenters. The van der Waals surface area contributed by atoms with Crippen molar-refractivity contribution in [2.75, 3.05) is 37.7 Å². The Morgan fingerprint density at radius 3 is 2.68 bits per heavy atom. The lowest BCUT2D eigenvalue weighted by molar-refractivity contribution is -0.128. The van der Waals surface area contributed by atoms with Crippen LogP contribution < -0.4 is 4.90 Å². The van der Waals surface area contributed by atoms with Crippen LogP contribution in [-0.2, 0) is 9.53 Å². The van der Waals surface area contributed by atoms with Gasteiger partial charge in [-0.05, 0) is 25.7 Å². The van der Waals surface area contributed by atoms with E-state index < -0.39 is 5.82 Å². The van der Waals surface area contributed by atoms with Crippen molar-refractivity contribution in [1.29, 1.82) is 0 Å². The highest BCUT2D eigenvalue weighted by atomic mass is 19.1. The molecule has 2 fully saturated rings. The van der Waals surface area contributed by atoms with Gasteiger partial charge in [0.25, 0.3) is 0 Å². The summed E-state index contributed by atoms with van der Waals surface area (Å²) in [5.74, 6) is -0.0282. The van der Waals surface area contributed by atoms with Gasteiger partial charge in [0.2, 0.25) is 11.9 Å². The highest BCUT2D eigenvalue weighted by Crippen LogP contribution is 2.17. The van der Waals surface area contributed by atoms with E-state index in [-0.39, 0.29) is 18.6 Å². The fourth-order valence-corrected chi connectivity index (χ4v) is 2.95. The third-order valence-corrected chi connectivity index (χ3v) is 4.12. The molecule has 0 spiro atoms. The Morgan fingerprint density at radius 2 is 2.05 bits per heavy atom. The van der Waals surface area contributed by atoms with Gasteiger partial charge in [0.15, 0.2) is 5.82 Å². The minimum atomic E-state index is -0.480. The van der Waals surface area contributed by atoms with Crippen LogP contribution in [-0.4, -0.2) is 59.7 Å². The van der Waals surface area contributed by atoms with E-state index in [0.29, 0.717) is 12.5 Å². The lowest BCUT2D eigenvalue weighted by atomic mass is 10.2. The van der Waals surface area contributed by atoms with Gasteiger partial charge in [0, 0.05) is 26.2 Å². The quantitative estimate of drug-likeness (QED) is 0.819. The lowest BCUT2D eigenvalue weighted by Crippen LogP contribution is -2.42. The van der Waals surface area contributed by atoms with Crippen molar-refractivity contribution in [3.8, 4) is 0 Å². The minimum Gasteiger partial charge on any atom is -0.376 e. The predicted octanol–water partition coefficient (Wildman–Crippen LogP) is 1.22. The van der Waals surface area contributed by atoms with E-state index in [1.54, 1.807) is 4.90 Å². The number of nitrogens with zero attached hydrogens (tertiary/aromatic N) is 4. The maximum atomic E-state index is 13.0. The van der Waals surface area contributed by atoms with E-state index in [1.165, 1.54) is 0 Å². The number of hydrogen-bond acceptors (Lipinski definition) is 5. The molecule has 0 bridgehead atoms. The summed E-state index contributed by atoms with van der Waals surface area (Å²) in [7, 11) is 0. The molecule has 1 aromatic rings. The van der Waals surface area contributed by atoms with Crippen LogP contribution in [0, 0.1) is 5.82 Å². The smallest absolute Gasteiger partial charge is 0.242 e. The van der Waals surface area contributed by atoms with E-state index in [9.17, 15) is 9.18 Å². The number of anilines is 1. The van der Waals surface area contributed by atoms with Crippen molar-refractivity contribution in [2.24, 2.45) is 0 Å². The molecule has 2 saturated heterocycles. The molecule has 22 heavy (non-hydrogen) atoms. The van der Waals surface area contributed by atoms with Crippen LogP contribution in [0.15, 0.2) is 12.4 Å². The van der Waals surface area contributed by atoms with Gasteiger partial charge in [-0.1, -0.05) is 0 Å². The molecule has 120 valence electrons. The monoisotopic (exact) mass is 308 g/mol. The van der Waals surface area contributed by atoms with Crippen molar-refractivity contribution in [3.05, 3.63) is 18.2 Å². The zero-order valence-corrected chi connectivity index (χ0v) is 12.6. The Labute approximate surface area is 129 Å². The molecule has 0 aliphatic carbocycles. The SMILES string of the molecule is O=C(CN(CC1CCCO1)c1ncc(F)cn1)N1CCCC1. The standard InChI is InChI=1S/C15H21FN4O2/c16-12-8-17-15(18-9-12)20(10-13-4-3-7-22-13)11-14(21)19-5-1-2-6-19/h8-9,13H,1-7,10-11H2. The van der Waals surface area contributed by atoms with Gasteiger partial charge in [0.1, 0.15) is 6.54 Å². The van der Waals surface area contributed by atoms with Crippen LogP contribution in [0.1, 0.15) is 25.7 Å².